The molecular formula is C16H16N4O2. The summed E-state index contributed by atoms with van der Waals surface area (Å²) in [6.45, 7) is 5.45. The van der Waals surface area contributed by atoms with Gasteiger partial charge in [-0.3, -0.25) is 9.36 Å². The van der Waals surface area contributed by atoms with Crippen molar-refractivity contribution in [1.82, 2.24) is 4.57 Å². The maximum atomic E-state index is 12.2. The number of nitriles is 1. The molecular weight excluding hydrogens is 280 g/mol. The predicted octanol–water partition coefficient (Wildman–Crippen LogP) is 3.30. The summed E-state index contributed by atoms with van der Waals surface area (Å²) >= 11 is 0. The van der Waals surface area contributed by atoms with E-state index < -0.39 is 5.56 Å². The van der Waals surface area contributed by atoms with Gasteiger partial charge >= 0.3 is 0 Å². The molecule has 0 amide bonds. The first-order valence-corrected chi connectivity index (χ1v) is 6.69. The zero-order valence-electron chi connectivity index (χ0n) is 12.9. The van der Waals surface area contributed by atoms with Gasteiger partial charge in [0.05, 0.1) is 5.69 Å². The molecule has 2 aromatic rings. The van der Waals surface area contributed by atoms with E-state index in [9.17, 15) is 9.90 Å². The standard InChI is InChI=1S/C16H16N4O2/c1-9-6-5-7-13(10(9)2)18-19-14-11(3)12(8-17)15(21)20(4)16(14)22/h5-7,21H,1-4H3. The van der Waals surface area contributed by atoms with Gasteiger partial charge in [0.15, 0.2) is 5.69 Å². The summed E-state index contributed by atoms with van der Waals surface area (Å²) in [6.07, 6.45) is 0. The number of rotatable bonds is 2. The second kappa shape index (κ2) is 5.82. The third-order valence-corrected chi connectivity index (χ3v) is 3.72. The van der Waals surface area contributed by atoms with E-state index in [1.165, 1.54) is 7.05 Å². The van der Waals surface area contributed by atoms with Crippen molar-refractivity contribution >= 4 is 11.4 Å². The summed E-state index contributed by atoms with van der Waals surface area (Å²) in [6, 6.07) is 7.51. The van der Waals surface area contributed by atoms with Crippen LogP contribution in [0.15, 0.2) is 33.2 Å². The van der Waals surface area contributed by atoms with E-state index in [1.807, 2.05) is 32.0 Å². The molecule has 0 unspecified atom stereocenters. The SMILES string of the molecule is Cc1cccc(N=Nc2c(C)c(C#N)c(O)n(C)c2=O)c1C. The van der Waals surface area contributed by atoms with E-state index in [0.29, 0.717) is 11.3 Å². The van der Waals surface area contributed by atoms with Crippen LogP contribution in [0.4, 0.5) is 11.4 Å². The van der Waals surface area contributed by atoms with Crippen LogP contribution in [0.1, 0.15) is 22.3 Å². The summed E-state index contributed by atoms with van der Waals surface area (Å²) in [5.74, 6) is -0.365. The fourth-order valence-corrected chi connectivity index (χ4v) is 2.07. The number of hydrogen-bond acceptors (Lipinski definition) is 5. The van der Waals surface area contributed by atoms with E-state index >= 15 is 0 Å². The topological polar surface area (TPSA) is 90.7 Å². The summed E-state index contributed by atoms with van der Waals surface area (Å²) < 4.78 is 0.989. The number of hydrogen-bond donors (Lipinski definition) is 1. The smallest absolute Gasteiger partial charge is 0.281 e. The van der Waals surface area contributed by atoms with Crippen LogP contribution in [0.25, 0.3) is 0 Å². The fraction of sp³-hybridized carbons (Fsp3) is 0.250. The van der Waals surface area contributed by atoms with Crippen LogP contribution in [-0.4, -0.2) is 9.67 Å². The van der Waals surface area contributed by atoms with Crippen LogP contribution in [0.5, 0.6) is 5.88 Å². The van der Waals surface area contributed by atoms with Gasteiger partial charge < -0.3 is 5.11 Å². The first-order valence-electron chi connectivity index (χ1n) is 6.69. The van der Waals surface area contributed by atoms with E-state index in [-0.39, 0.29) is 17.1 Å². The van der Waals surface area contributed by atoms with Crippen molar-refractivity contribution in [2.24, 2.45) is 17.3 Å². The summed E-state index contributed by atoms with van der Waals surface area (Å²) in [7, 11) is 1.38. The van der Waals surface area contributed by atoms with Crippen LogP contribution in [0.3, 0.4) is 0 Å². The minimum absolute atomic E-state index is 0.0250. The van der Waals surface area contributed by atoms with E-state index in [1.54, 1.807) is 13.0 Å². The van der Waals surface area contributed by atoms with Gasteiger partial charge in [-0.2, -0.15) is 10.4 Å². The van der Waals surface area contributed by atoms with Gasteiger partial charge in [-0.05, 0) is 38.0 Å². The maximum absolute atomic E-state index is 12.2. The van der Waals surface area contributed by atoms with Gasteiger partial charge in [-0.15, -0.1) is 5.11 Å². The molecule has 1 N–H and O–H groups in total. The Balaban J connectivity index is 2.62. The average molecular weight is 296 g/mol. The Hall–Kier alpha value is -2.94. The first-order chi connectivity index (χ1) is 10.4. The van der Waals surface area contributed by atoms with Gasteiger partial charge in [0.1, 0.15) is 11.6 Å². The molecule has 0 spiro atoms. The number of aromatic hydroxyl groups is 1. The minimum atomic E-state index is -0.497. The van der Waals surface area contributed by atoms with Gasteiger partial charge in [-0.25, -0.2) is 0 Å². The molecule has 6 heteroatoms. The minimum Gasteiger partial charge on any atom is -0.493 e. The lowest BCUT2D eigenvalue weighted by molar-refractivity contribution is 0.421. The molecule has 0 fully saturated rings. The van der Waals surface area contributed by atoms with Gasteiger partial charge in [0.2, 0.25) is 5.88 Å². The molecule has 0 aliphatic rings. The summed E-state index contributed by atoms with van der Waals surface area (Å²) in [5.41, 5.74) is 2.60. The highest BCUT2D eigenvalue weighted by Crippen LogP contribution is 2.27. The normalized spacial score (nSPS) is 10.9. The largest absolute Gasteiger partial charge is 0.493 e. The van der Waals surface area contributed by atoms with Crippen LogP contribution < -0.4 is 5.56 Å². The van der Waals surface area contributed by atoms with Crippen molar-refractivity contribution in [2.75, 3.05) is 0 Å². The second-order valence-corrected chi connectivity index (χ2v) is 5.07. The predicted molar refractivity (Wildman–Crippen MR) is 82.9 cm³/mol. The fourth-order valence-electron chi connectivity index (χ4n) is 2.07. The lowest BCUT2D eigenvalue weighted by Crippen LogP contribution is -2.18. The number of nitrogens with zero attached hydrogens (tertiary/aromatic N) is 4. The third-order valence-electron chi connectivity index (χ3n) is 3.72. The van der Waals surface area contributed by atoms with E-state index in [2.05, 4.69) is 10.2 Å². The molecule has 0 bridgehead atoms. The van der Waals surface area contributed by atoms with Crippen LogP contribution in [-0.2, 0) is 7.05 Å². The number of aryl methyl sites for hydroxylation is 1. The van der Waals surface area contributed by atoms with Crippen molar-refractivity contribution in [3.63, 3.8) is 0 Å². The van der Waals surface area contributed by atoms with Crippen LogP contribution >= 0.6 is 0 Å². The molecule has 0 aliphatic carbocycles. The van der Waals surface area contributed by atoms with Crippen molar-refractivity contribution in [3.8, 4) is 11.9 Å². The quantitative estimate of drug-likeness (QED) is 0.862. The van der Waals surface area contributed by atoms with Crippen molar-refractivity contribution in [1.29, 1.82) is 5.26 Å². The highest BCUT2D eigenvalue weighted by atomic mass is 16.3. The lowest BCUT2D eigenvalue weighted by atomic mass is 10.1. The van der Waals surface area contributed by atoms with Gasteiger partial charge in [-0.1, -0.05) is 12.1 Å². The Morgan fingerprint density at radius 3 is 2.50 bits per heavy atom. The zero-order chi connectivity index (χ0) is 16.4. The number of azo groups is 1. The molecule has 22 heavy (non-hydrogen) atoms. The Labute approximate surface area is 128 Å². The van der Waals surface area contributed by atoms with Crippen LogP contribution in [0.2, 0.25) is 0 Å². The van der Waals surface area contributed by atoms with Crippen molar-refractivity contribution < 1.29 is 5.11 Å². The number of benzene rings is 1. The molecule has 0 atom stereocenters. The Morgan fingerprint density at radius 2 is 1.86 bits per heavy atom. The maximum Gasteiger partial charge on any atom is 0.281 e. The Kier molecular flexibility index (Phi) is 4.08. The molecule has 0 radical (unpaired) electrons. The third kappa shape index (κ3) is 2.49. The molecule has 0 saturated heterocycles. The average Bonchev–Trinajstić information content (AvgIpc) is 2.49. The summed E-state index contributed by atoms with van der Waals surface area (Å²) in [5, 5.41) is 27.1. The zero-order valence-corrected chi connectivity index (χ0v) is 12.9. The highest BCUT2D eigenvalue weighted by Gasteiger charge is 2.17. The Bertz CT molecular complexity index is 873. The highest BCUT2D eigenvalue weighted by molar-refractivity contribution is 5.57. The lowest BCUT2D eigenvalue weighted by Gasteiger charge is -2.08. The molecule has 0 saturated carbocycles. The molecule has 1 heterocycles. The molecule has 112 valence electrons. The first kappa shape index (κ1) is 15.4. The Morgan fingerprint density at radius 1 is 1.18 bits per heavy atom. The number of aromatic nitrogens is 1. The molecule has 6 nitrogen and oxygen atoms in total. The monoisotopic (exact) mass is 296 g/mol. The molecule has 1 aromatic heterocycles. The van der Waals surface area contributed by atoms with Crippen molar-refractivity contribution in [3.05, 3.63) is 50.8 Å². The van der Waals surface area contributed by atoms with Gasteiger partial charge in [0.25, 0.3) is 5.56 Å². The van der Waals surface area contributed by atoms with E-state index in [0.717, 1.165) is 15.7 Å². The molecule has 1 aromatic carbocycles. The summed E-state index contributed by atoms with van der Waals surface area (Å²) in [4.78, 5) is 12.2. The van der Waals surface area contributed by atoms with E-state index in [4.69, 9.17) is 5.26 Å². The van der Waals surface area contributed by atoms with Crippen molar-refractivity contribution in [2.45, 2.75) is 20.8 Å². The van der Waals surface area contributed by atoms with Gasteiger partial charge in [0, 0.05) is 12.6 Å². The molecule has 0 aliphatic heterocycles. The molecule has 2 rings (SSSR count). The van der Waals surface area contributed by atoms with Crippen LogP contribution in [0, 0.1) is 32.1 Å². The second-order valence-electron chi connectivity index (χ2n) is 5.07. The number of pyridine rings is 1.